The molecule has 4 aliphatic rings. The van der Waals surface area contributed by atoms with E-state index in [1.807, 2.05) is 6.92 Å². The highest BCUT2D eigenvalue weighted by atomic mass is 32.3. The first kappa shape index (κ1) is 39.8. The third-order valence-electron chi connectivity index (χ3n) is 12.3. The van der Waals surface area contributed by atoms with Gasteiger partial charge < -0.3 is 14.2 Å². The fourth-order valence-corrected chi connectivity index (χ4v) is 12.1. The second-order valence-electron chi connectivity index (χ2n) is 15.2. The Hall–Kier alpha value is -1.98. The minimum absolute atomic E-state index is 0.0276. The van der Waals surface area contributed by atoms with Gasteiger partial charge in [-0.05, 0) is 85.9 Å². The number of fused-ring (bicyclic) bond motifs is 5. The molecule has 0 spiro atoms. The van der Waals surface area contributed by atoms with E-state index in [-0.39, 0.29) is 65.6 Å². The van der Waals surface area contributed by atoms with Crippen molar-refractivity contribution >= 4 is 38.2 Å². The van der Waals surface area contributed by atoms with Gasteiger partial charge in [-0.1, -0.05) is 38.2 Å². The van der Waals surface area contributed by atoms with Crippen molar-refractivity contribution in [3.63, 3.8) is 0 Å². The zero-order valence-electron chi connectivity index (χ0n) is 28.9. The van der Waals surface area contributed by atoms with Crippen LogP contribution in [0.4, 0.5) is 13.2 Å². The molecule has 0 bridgehead atoms. The van der Waals surface area contributed by atoms with Crippen LogP contribution in [0.15, 0.2) is 0 Å². The average molecular weight is 746 g/mol. The van der Waals surface area contributed by atoms with Crippen LogP contribution in [0.25, 0.3) is 0 Å². The number of carbonyl (C=O) groups is 3. The summed E-state index contributed by atoms with van der Waals surface area (Å²) in [5.74, 6) is 0.107. The summed E-state index contributed by atoms with van der Waals surface area (Å²) in [4.78, 5) is 37.5. The first-order chi connectivity index (χ1) is 22.5. The highest BCUT2D eigenvalue weighted by Crippen LogP contribution is 2.69. The number of hydrogen-bond donors (Lipinski definition) is 1. The fraction of sp³-hybridized carbons (Fsp3) is 0.906. The molecule has 0 aliphatic heterocycles. The molecule has 4 saturated carbocycles. The first-order valence-electron chi connectivity index (χ1n) is 17.0. The predicted molar refractivity (Wildman–Crippen MR) is 169 cm³/mol. The van der Waals surface area contributed by atoms with Crippen molar-refractivity contribution < 1.29 is 62.8 Å². The van der Waals surface area contributed by atoms with Crippen LogP contribution in [-0.4, -0.2) is 65.7 Å². The lowest BCUT2D eigenvalue weighted by Gasteiger charge is -2.64. The van der Waals surface area contributed by atoms with E-state index >= 15 is 0 Å². The van der Waals surface area contributed by atoms with E-state index in [0.29, 0.717) is 28.8 Å². The number of nitrogens with one attached hydrogen (secondary N) is 1. The molecule has 1 N–H and O–H groups in total. The topological polar surface area (TPSA) is 168 Å². The number of hydrogen-bond acceptors (Lipinski definition) is 11. The lowest BCUT2D eigenvalue weighted by atomic mass is 9.42. The largest absolute Gasteiger partial charge is 0.512 e. The molecule has 11 unspecified atom stereocenters. The van der Waals surface area contributed by atoms with Crippen LogP contribution in [0.2, 0.25) is 0 Å². The van der Waals surface area contributed by atoms with Gasteiger partial charge in [0.15, 0.2) is 0 Å². The molecule has 0 amide bonds. The molecule has 282 valence electrons. The van der Waals surface area contributed by atoms with Crippen molar-refractivity contribution in [2.45, 2.75) is 117 Å². The molecule has 0 aromatic carbocycles. The van der Waals surface area contributed by atoms with Crippen LogP contribution in [0.3, 0.4) is 0 Å². The molecule has 11 atom stereocenters. The number of sulfonamides is 1. The van der Waals surface area contributed by atoms with Gasteiger partial charge in [0.2, 0.25) is 0 Å². The summed E-state index contributed by atoms with van der Waals surface area (Å²) in [6.45, 7) is 10.2. The molecule has 0 radical (unpaired) electrons. The summed E-state index contributed by atoms with van der Waals surface area (Å²) in [6.07, 6.45) is 6.19. The molecule has 4 fully saturated rings. The van der Waals surface area contributed by atoms with Gasteiger partial charge in [0.1, 0.15) is 25.4 Å². The zero-order valence-corrected chi connectivity index (χ0v) is 30.5. The minimum atomic E-state index is -6.21. The number of esters is 3. The van der Waals surface area contributed by atoms with Crippen LogP contribution < -0.4 is 4.13 Å². The molecule has 12 nitrogen and oxygen atoms in total. The van der Waals surface area contributed by atoms with E-state index in [4.69, 9.17) is 14.2 Å². The standard InChI is InChI=1S/C32H50F3NO11S2/c1-18-11-12-30(5)22(15-18)16-26(46-20(3)37)29-24-9-8-23(31(24,6)27(17-25(29)30)47-21(4)38)19(2)7-10-28(39)44-13-14-45-49(42,43)36-48(40,41)32(33,34)35/h18-19,22-27,29,36H,7-17H2,1-6H3. The van der Waals surface area contributed by atoms with Crippen molar-refractivity contribution in [1.29, 1.82) is 0 Å². The van der Waals surface area contributed by atoms with Crippen molar-refractivity contribution in [2.75, 3.05) is 13.2 Å². The fourth-order valence-electron chi connectivity index (χ4n) is 10.2. The third-order valence-corrected chi connectivity index (χ3v) is 15.1. The molecule has 49 heavy (non-hydrogen) atoms. The van der Waals surface area contributed by atoms with Gasteiger partial charge >= 0.3 is 43.7 Å². The van der Waals surface area contributed by atoms with E-state index in [0.717, 1.165) is 38.5 Å². The summed E-state index contributed by atoms with van der Waals surface area (Å²) in [5, 5.41) is 0. The van der Waals surface area contributed by atoms with Gasteiger partial charge in [-0.3, -0.25) is 18.6 Å². The lowest BCUT2D eigenvalue weighted by molar-refractivity contribution is -0.221. The van der Waals surface area contributed by atoms with Crippen molar-refractivity contribution in [2.24, 2.45) is 52.3 Å². The van der Waals surface area contributed by atoms with E-state index in [9.17, 15) is 44.4 Å². The van der Waals surface area contributed by atoms with Crippen LogP contribution >= 0.6 is 0 Å². The van der Waals surface area contributed by atoms with Gasteiger partial charge in [0.25, 0.3) is 0 Å². The van der Waals surface area contributed by atoms with Gasteiger partial charge in [0.05, 0.1) is 0 Å². The summed E-state index contributed by atoms with van der Waals surface area (Å²) in [7, 11) is -11.5. The Bertz CT molecular complexity index is 1470. The quantitative estimate of drug-likeness (QED) is 0.162. The number of alkyl halides is 3. The van der Waals surface area contributed by atoms with Crippen molar-refractivity contribution in [3.8, 4) is 0 Å². The molecule has 17 heteroatoms. The Balaban J connectivity index is 1.43. The molecule has 4 aliphatic carbocycles. The maximum atomic E-state index is 12.5. The second-order valence-corrected chi connectivity index (χ2v) is 18.5. The highest BCUT2D eigenvalue weighted by Gasteiger charge is 2.67. The summed E-state index contributed by atoms with van der Waals surface area (Å²) in [5.41, 5.74) is -6.28. The Morgan fingerprint density at radius 3 is 2.18 bits per heavy atom. The highest BCUT2D eigenvalue weighted by molar-refractivity contribution is 8.03. The molecule has 0 heterocycles. The lowest BCUT2D eigenvalue weighted by Crippen LogP contribution is -2.63. The van der Waals surface area contributed by atoms with Gasteiger partial charge in [0, 0.05) is 31.6 Å². The maximum absolute atomic E-state index is 12.5. The Morgan fingerprint density at radius 2 is 1.57 bits per heavy atom. The minimum Gasteiger partial charge on any atom is -0.463 e. The molecular weight excluding hydrogens is 695 g/mol. The maximum Gasteiger partial charge on any atom is 0.512 e. The van der Waals surface area contributed by atoms with Crippen LogP contribution in [0.1, 0.15) is 99.3 Å². The molecular formula is C32H50F3NO11S2. The normalized spacial score (nSPS) is 36.8. The van der Waals surface area contributed by atoms with Crippen LogP contribution in [0.5, 0.6) is 0 Å². The van der Waals surface area contributed by atoms with E-state index in [1.54, 1.807) is 0 Å². The Labute approximate surface area is 287 Å². The zero-order chi connectivity index (χ0) is 36.7. The monoisotopic (exact) mass is 745 g/mol. The molecule has 0 saturated heterocycles. The van der Waals surface area contributed by atoms with E-state index in [1.165, 1.54) is 13.8 Å². The van der Waals surface area contributed by atoms with E-state index in [2.05, 4.69) is 25.0 Å². The Kier molecular flexibility index (Phi) is 11.8. The third kappa shape index (κ3) is 8.40. The number of halogens is 3. The summed E-state index contributed by atoms with van der Waals surface area (Å²) < 4.78 is 104. The SMILES string of the molecule is CC(=O)OC1CC2CC(C)CCC2(C)C2CC(OC(C)=O)C3(C)C(C(C)CCC(=O)OCCOS(=O)(=O)NS(=O)(=O)C(F)(F)F)CCC3C12. The van der Waals surface area contributed by atoms with Crippen molar-refractivity contribution in [1.82, 2.24) is 4.13 Å². The number of ether oxygens (including phenoxy) is 3. The smallest absolute Gasteiger partial charge is 0.463 e. The van der Waals surface area contributed by atoms with Crippen LogP contribution in [-0.2, 0) is 53.1 Å². The summed E-state index contributed by atoms with van der Waals surface area (Å²) in [6, 6.07) is 0. The second kappa shape index (κ2) is 14.6. The molecule has 0 aromatic rings. The number of carbonyl (C=O) groups excluding carboxylic acids is 3. The van der Waals surface area contributed by atoms with Gasteiger partial charge in [-0.15, -0.1) is 0 Å². The number of rotatable bonds is 12. The molecule has 4 rings (SSSR count). The van der Waals surface area contributed by atoms with Gasteiger partial charge in [-0.25, -0.2) is 8.42 Å². The predicted octanol–water partition coefficient (Wildman–Crippen LogP) is 5.02. The van der Waals surface area contributed by atoms with Gasteiger partial charge in [-0.2, -0.15) is 21.6 Å². The average Bonchev–Trinajstić information content (AvgIpc) is 3.32. The first-order valence-corrected chi connectivity index (χ1v) is 19.9. The van der Waals surface area contributed by atoms with E-state index < -0.39 is 50.4 Å². The van der Waals surface area contributed by atoms with Crippen molar-refractivity contribution in [3.05, 3.63) is 0 Å². The molecule has 0 aromatic heterocycles. The Morgan fingerprint density at radius 1 is 0.918 bits per heavy atom. The summed E-state index contributed by atoms with van der Waals surface area (Å²) >= 11 is 0. The van der Waals surface area contributed by atoms with Crippen LogP contribution in [0, 0.1) is 52.3 Å².